The molecule has 0 aromatic heterocycles. The van der Waals surface area contributed by atoms with Crippen molar-refractivity contribution in [2.24, 2.45) is 0 Å². The lowest BCUT2D eigenvalue weighted by Crippen LogP contribution is -2.52. The first kappa shape index (κ1) is 16.2. The summed E-state index contributed by atoms with van der Waals surface area (Å²) in [6, 6.07) is 5.50. The number of benzene rings is 1. The third kappa shape index (κ3) is 3.59. The van der Waals surface area contributed by atoms with Gasteiger partial charge in [0, 0.05) is 5.56 Å². The first-order valence-electron chi connectivity index (χ1n) is 6.82. The Bertz CT molecular complexity index is 510. The monoisotopic (exact) mass is 277 g/mol. The Morgan fingerprint density at radius 1 is 1.25 bits per heavy atom. The number of rotatable bonds is 5. The summed E-state index contributed by atoms with van der Waals surface area (Å²) in [6.07, 6.45) is 1.31. The van der Waals surface area contributed by atoms with Gasteiger partial charge in [-0.3, -0.25) is 4.79 Å². The Labute approximate surface area is 120 Å². The summed E-state index contributed by atoms with van der Waals surface area (Å²) in [7, 11) is 1.33. The summed E-state index contributed by atoms with van der Waals surface area (Å²) in [5.41, 5.74) is 1.75. The van der Waals surface area contributed by atoms with Gasteiger partial charge in [0.05, 0.1) is 7.11 Å². The maximum absolute atomic E-state index is 12.3. The van der Waals surface area contributed by atoms with Crippen LogP contribution in [0.15, 0.2) is 18.2 Å². The molecule has 1 aromatic rings. The Morgan fingerprint density at radius 3 is 2.40 bits per heavy atom. The highest BCUT2D eigenvalue weighted by Gasteiger charge is 2.35. The molecular weight excluding hydrogens is 254 g/mol. The molecule has 0 aliphatic heterocycles. The van der Waals surface area contributed by atoms with Gasteiger partial charge in [-0.2, -0.15) is 0 Å². The number of nitrogens with one attached hydrogen (secondary N) is 1. The lowest BCUT2D eigenvalue weighted by molar-refractivity contribution is -0.147. The molecule has 0 spiro atoms. The van der Waals surface area contributed by atoms with Gasteiger partial charge in [-0.05, 0) is 50.5 Å². The minimum absolute atomic E-state index is 0.255. The van der Waals surface area contributed by atoms with Crippen LogP contribution in [0, 0.1) is 13.8 Å². The van der Waals surface area contributed by atoms with Crippen LogP contribution in [0.2, 0.25) is 0 Å². The highest BCUT2D eigenvalue weighted by atomic mass is 16.5. The van der Waals surface area contributed by atoms with Crippen LogP contribution in [0.5, 0.6) is 0 Å². The summed E-state index contributed by atoms with van der Waals surface area (Å²) in [5, 5.41) is 2.79. The second-order valence-electron chi connectivity index (χ2n) is 5.33. The van der Waals surface area contributed by atoms with Crippen molar-refractivity contribution in [1.29, 1.82) is 0 Å². The molecule has 0 heterocycles. The van der Waals surface area contributed by atoms with Gasteiger partial charge in [0.1, 0.15) is 5.54 Å². The molecule has 4 nitrogen and oxygen atoms in total. The van der Waals surface area contributed by atoms with Crippen molar-refractivity contribution in [3.8, 4) is 0 Å². The summed E-state index contributed by atoms with van der Waals surface area (Å²) in [4.78, 5) is 24.2. The molecule has 1 rings (SSSR count). The predicted molar refractivity (Wildman–Crippen MR) is 78.7 cm³/mol. The fraction of sp³-hybridized carbons (Fsp3) is 0.500. The number of ether oxygens (including phenoxy) is 1. The molecule has 1 aromatic carbocycles. The summed E-state index contributed by atoms with van der Waals surface area (Å²) in [5.74, 6) is -0.675. The molecule has 4 heteroatoms. The highest BCUT2D eigenvalue weighted by molar-refractivity contribution is 5.98. The Hall–Kier alpha value is -1.84. The molecule has 0 saturated carbocycles. The second kappa shape index (κ2) is 6.55. The number of hydrogen-bond donors (Lipinski definition) is 1. The van der Waals surface area contributed by atoms with Crippen LogP contribution in [-0.4, -0.2) is 24.5 Å². The quantitative estimate of drug-likeness (QED) is 0.842. The first-order chi connectivity index (χ1) is 9.34. The lowest BCUT2D eigenvalue weighted by atomic mass is 9.95. The number of methoxy groups -OCH3 is 1. The molecule has 20 heavy (non-hydrogen) atoms. The first-order valence-corrected chi connectivity index (χ1v) is 6.82. The van der Waals surface area contributed by atoms with Crippen LogP contribution >= 0.6 is 0 Å². The zero-order chi connectivity index (χ0) is 15.3. The zero-order valence-corrected chi connectivity index (χ0v) is 12.9. The normalized spacial score (nSPS) is 13.4. The van der Waals surface area contributed by atoms with Crippen molar-refractivity contribution >= 4 is 11.9 Å². The molecule has 1 atom stereocenters. The maximum Gasteiger partial charge on any atom is 0.331 e. The fourth-order valence-corrected chi connectivity index (χ4v) is 2.15. The molecule has 0 aliphatic rings. The van der Waals surface area contributed by atoms with E-state index < -0.39 is 11.5 Å². The molecule has 0 aliphatic carbocycles. The van der Waals surface area contributed by atoms with E-state index >= 15 is 0 Å². The van der Waals surface area contributed by atoms with Crippen molar-refractivity contribution in [1.82, 2.24) is 5.32 Å². The Balaban J connectivity index is 2.96. The molecule has 0 bridgehead atoms. The van der Waals surface area contributed by atoms with Crippen LogP contribution in [0.3, 0.4) is 0 Å². The van der Waals surface area contributed by atoms with Crippen molar-refractivity contribution in [3.63, 3.8) is 0 Å². The van der Waals surface area contributed by atoms with Crippen molar-refractivity contribution in [2.45, 2.75) is 46.1 Å². The Morgan fingerprint density at radius 2 is 1.90 bits per heavy atom. The van der Waals surface area contributed by atoms with Crippen LogP contribution in [0.1, 0.15) is 48.2 Å². The smallest absolute Gasteiger partial charge is 0.331 e. The van der Waals surface area contributed by atoms with E-state index in [9.17, 15) is 9.59 Å². The second-order valence-corrected chi connectivity index (χ2v) is 5.33. The van der Waals surface area contributed by atoms with Gasteiger partial charge in [0.25, 0.3) is 5.91 Å². The molecule has 0 fully saturated rings. The third-order valence-corrected chi connectivity index (χ3v) is 3.54. The van der Waals surface area contributed by atoms with Crippen LogP contribution in [0.25, 0.3) is 0 Å². The number of esters is 1. The molecule has 1 N–H and O–H groups in total. The van der Waals surface area contributed by atoms with E-state index in [2.05, 4.69) is 5.32 Å². The topological polar surface area (TPSA) is 55.4 Å². The van der Waals surface area contributed by atoms with Crippen molar-refractivity contribution < 1.29 is 14.3 Å². The SMILES string of the molecule is CCCC(C)(NC(=O)c1ccc(C)c(C)c1)C(=O)OC. The average molecular weight is 277 g/mol. The summed E-state index contributed by atoms with van der Waals surface area (Å²) in [6.45, 7) is 7.61. The van der Waals surface area contributed by atoms with E-state index in [0.29, 0.717) is 12.0 Å². The fourth-order valence-electron chi connectivity index (χ4n) is 2.15. The van der Waals surface area contributed by atoms with Crippen LogP contribution in [-0.2, 0) is 9.53 Å². The zero-order valence-electron chi connectivity index (χ0n) is 12.9. The van der Waals surface area contributed by atoms with E-state index in [1.54, 1.807) is 13.0 Å². The molecule has 110 valence electrons. The van der Waals surface area contributed by atoms with Crippen LogP contribution < -0.4 is 5.32 Å². The highest BCUT2D eigenvalue weighted by Crippen LogP contribution is 2.16. The van der Waals surface area contributed by atoms with Gasteiger partial charge < -0.3 is 10.1 Å². The largest absolute Gasteiger partial charge is 0.467 e. The van der Waals surface area contributed by atoms with Crippen molar-refractivity contribution in [2.75, 3.05) is 7.11 Å². The van der Waals surface area contributed by atoms with Gasteiger partial charge in [0.15, 0.2) is 0 Å². The molecule has 1 unspecified atom stereocenters. The van der Waals surface area contributed by atoms with E-state index in [0.717, 1.165) is 17.5 Å². The molecule has 0 radical (unpaired) electrons. The average Bonchev–Trinajstić information content (AvgIpc) is 2.40. The van der Waals surface area contributed by atoms with Gasteiger partial charge in [0.2, 0.25) is 0 Å². The Kier molecular flexibility index (Phi) is 5.31. The minimum Gasteiger partial charge on any atom is -0.467 e. The summed E-state index contributed by atoms with van der Waals surface area (Å²) >= 11 is 0. The minimum atomic E-state index is -0.987. The van der Waals surface area contributed by atoms with Gasteiger partial charge in [-0.25, -0.2) is 4.79 Å². The third-order valence-electron chi connectivity index (χ3n) is 3.54. The maximum atomic E-state index is 12.3. The van der Waals surface area contributed by atoms with E-state index in [-0.39, 0.29) is 5.91 Å². The molecule has 0 saturated heterocycles. The molecule has 1 amide bonds. The van der Waals surface area contributed by atoms with Crippen LogP contribution in [0.4, 0.5) is 0 Å². The predicted octanol–water partition coefficient (Wildman–Crippen LogP) is 2.77. The standard InChI is InChI=1S/C16H23NO3/c1-6-9-16(4,15(19)20-5)17-14(18)13-8-7-11(2)12(3)10-13/h7-8,10H,6,9H2,1-5H3,(H,17,18). The number of hydrogen-bond acceptors (Lipinski definition) is 3. The summed E-state index contributed by atoms with van der Waals surface area (Å²) < 4.78 is 4.79. The van der Waals surface area contributed by atoms with E-state index in [1.807, 2.05) is 32.9 Å². The van der Waals surface area contributed by atoms with Crippen molar-refractivity contribution in [3.05, 3.63) is 34.9 Å². The van der Waals surface area contributed by atoms with Gasteiger partial charge in [-0.1, -0.05) is 19.4 Å². The molecular formula is C16H23NO3. The number of aryl methyl sites for hydroxylation is 2. The number of carbonyl (C=O) groups is 2. The number of carbonyl (C=O) groups excluding carboxylic acids is 2. The van der Waals surface area contributed by atoms with E-state index in [4.69, 9.17) is 4.74 Å². The number of amides is 1. The van der Waals surface area contributed by atoms with E-state index in [1.165, 1.54) is 7.11 Å². The van der Waals surface area contributed by atoms with Gasteiger partial charge >= 0.3 is 5.97 Å². The lowest BCUT2D eigenvalue weighted by Gasteiger charge is -2.27. The van der Waals surface area contributed by atoms with Gasteiger partial charge in [-0.15, -0.1) is 0 Å².